The topological polar surface area (TPSA) is 205 Å². The van der Waals surface area contributed by atoms with E-state index in [9.17, 15) is 38.7 Å². The molecule has 0 fully saturated rings. The highest BCUT2D eigenvalue weighted by atomic mass is 16.3. The molecule has 0 aromatic rings. The van der Waals surface area contributed by atoms with Crippen LogP contribution in [-0.4, -0.2) is 83.0 Å². The van der Waals surface area contributed by atoms with Gasteiger partial charge in [-0.15, -0.1) is 0 Å². The van der Waals surface area contributed by atoms with E-state index < -0.39 is 48.1 Å². The van der Waals surface area contributed by atoms with Gasteiger partial charge in [0.25, 0.3) is 11.8 Å². The van der Waals surface area contributed by atoms with Gasteiger partial charge in [-0.1, -0.05) is 20.3 Å². The first-order chi connectivity index (χ1) is 18.7. The molecule has 1 aliphatic heterocycles. The standard InChI is InChI=1S/C26H41N5O8/c1-16(2)24(30-21(35)9-5-4-6-13-31-22(36)10-11-23(31)37)20(34)14-18(8-7-12-28-26(27)39)25(38)29-19(15-32)17(3)33/h10-11,15-19,24,33H,4-9,12-14H2,1-3H3,(H,29,38)(H,30,35)(H3,27,28,39)/t17-,18+,19-,24-/m0/s1/i15D. The summed E-state index contributed by atoms with van der Waals surface area (Å²) in [5, 5.41) is 17.2. The van der Waals surface area contributed by atoms with E-state index in [4.69, 9.17) is 7.10 Å². The zero-order chi connectivity index (χ0) is 30.4. The number of unbranched alkanes of at least 4 members (excludes halogenated alkanes) is 2. The number of nitrogens with zero attached hydrogens (tertiary/aromatic N) is 1. The molecule has 0 saturated carbocycles. The Bertz CT molecular complexity index is 966. The summed E-state index contributed by atoms with van der Waals surface area (Å²) in [4.78, 5) is 85.4. The summed E-state index contributed by atoms with van der Waals surface area (Å²) in [6, 6.07) is -3.10. The molecule has 0 aliphatic carbocycles. The van der Waals surface area contributed by atoms with E-state index >= 15 is 0 Å². The molecule has 0 aromatic carbocycles. The zero-order valence-corrected chi connectivity index (χ0v) is 22.7. The first-order valence-electron chi connectivity index (χ1n) is 13.6. The van der Waals surface area contributed by atoms with Gasteiger partial charge in [0.15, 0.2) is 5.78 Å². The third-order valence-electron chi connectivity index (χ3n) is 6.27. The number of aliphatic hydroxyl groups excluding tert-OH is 1. The largest absolute Gasteiger partial charge is 0.391 e. The summed E-state index contributed by atoms with van der Waals surface area (Å²) in [6.07, 6.45) is 1.78. The molecule has 0 spiro atoms. The Morgan fingerprint density at radius 3 is 2.23 bits per heavy atom. The first kappa shape index (κ1) is 31.6. The number of nitrogens with one attached hydrogen (secondary N) is 3. The summed E-state index contributed by atoms with van der Waals surface area (Å²) in [6.45, 7) is 5.15. The van der Waals surface area contributed by atoms with E-state index in [1.807, 2.05) is 0 Å². The monoisotopic (exact) mass is 552 g/mol. The van der Waals surface area contributed by atoms with Crippen LogP contribution in [0.5, 0.6) is 0 Å². The third-order valence-corrected chi connectivity index (χ3v) is 6.27. The molecule has 39 heavy (non-hydrogen) atoms. The summed E-state index contributed by atoms with van der Waals surface area (Å²) in [7, 11) is 0. The number of hydrogen-bond acceptors (Lipinski definition) is 8. The van der Waals surface area contributed by atoms with Gasteiger partial charge in [-0.05, 0) is 38.5 Å². The van der Waals surface area contributed by atoms with Crippen molar-refractivity contribution in [3.05, 3.63) is 12.2 Å². The van der Waals surface area contributed by atoms with Crippen LogP contribution in [0.25, 0.3) is 0 Å². The minimum atomic E-state index is -1.47. The molecule has 0 aromatic heterocycles. The number of imide groups is 1. The van der Waals surface area contributed by atoms with Crippen LogP contribution >= 0.6 is 0 Å². The van der Waals surface area contributed by atoms with Crippen molar-refractivity contribution in [2.45, 2.75) is 83.9 Å². The van der Waals surface area contributed by atoms with Crippen LogP contribution in [0.2, 0.25) is 0 Å². The predicted octanol–water partition coefficient (Wildman–Crippen LogP) is -0.299. The van der Waals surface area contributed by atoms with Gasteiger partial charge in [-0.3, -0.25) is 28.9 Å². The molecule has 0 bridgehead atoms. The van der Waals surface area contributed by atoms with Crippen molar-refractivity contribution in [3.8, 4) is 0 Å². The Morgan fingerprint density at radius 1 is 1.05 bits per heavy atom. The van der Waals surface area contributed by atoms with E-state index in [1.54, 1.807) is 13.8 Å². The van der Waals surface area contributed by atoms with Gasteiger partial charge in [0.2, 0.25) is 11.8 Å². The number of primary amides is 1. The maximum Gasteiger partial charge on any atom is 0.312 e. The van der Waals surface area contributed by atoms with Crippen LogP contribution < -0.4 is 21.7 Å². The van der Waals surface area contributed by atoms with Gasteiger partial charge in [0.1, 0.15) is 13.7 Å². The van der Waals surface area contributed by atoms with E-state index in [2.05, 4.69) is 16.0 Å². The van der Waals surface area contributed by atoms with Gasteiger partial charge in [0, 0.05) is 44.0 Å². The second-order valence-corrected chi connectivity index (χ2v) is 9.91. The number of hydrogen-bond donors (Lipinski definition) is 5. The number of amides is 6. The number of rotatable bonds is 19. The molecule has 1 rings (SSSR count). The van der Waals surface area contributed by atoms with Gasteiger partial charge in [-0.25, -0.2) is 4.79 Å². The SMILES string of the molecule is [2H]C(=O)[C@H](NC(=O)[C@H](CCCNC(N)=O)CC(=O)[C@@H](NC(=O)CCCCCN1C(=O)C=CC1=O)C(C)C)[C@H](C)O. The maximum absolute atomic E-state index is 13.2. The zero-order valence-electron chi connectivity index (χ0n) is 23.7. The lowest BCUT2D eigenvalue weighted by Gasteiger charge is -2.25. The number of carbonyl (C=O) groups excluding carboxylic acids is 7. The Hall–Kier alpha value is -3.61. The van der Waals surface area contributed by atoms with Crippen molar-refractivity contribution >= 4 is 41.7 Å². The average Bonchev–Trinajstić information content (AvgIpc) is 3.18. The minimum Gasteiger partial charge on any atom is -0.391 e. The molecule has 0 unspecified atom stereocenters. The van der Waals surface area contributed by atoms with Crippen molar-refractivity contribution in [3.63, 3.8) is 0 Å². The number of Topliss-reactive ketones (excluding diaryl/α,β-unsaturated/α-hetero) is 1. The van der Waals surface area contributed by atoms with Gasteiger partial charge in [0.05, 0.1) is 12.1 Å². The minimum absolute atomic E-state index is 0.126. The molecular formula is C26H41N5O8. The molecular weight excluding hydrogens is 510 g/mol. The Labute approximate surface area is 229 Å². The Morgan fingerprint density at radius 2 is 1.69 bits per heavy atom. The van der Waals surface area contributed by atoms with Gasteiger partial charge < -0.3 is 31.6 Å². The highest BCUT2D eigenvalue weighted by Crippen LogP contribution is 2.17. The highest BCUT2D eigenvalue weighted by Gasteiger charge is 2.30. The predicted molar refractivity (Wildman–Crippen MR) is 141 cm³/mol. The molecule has 0 radical (unpaired) electrons. The van der Waals surface area contributed by atoms with Crippen molar-refractivity contribution in [1.82, 2.24) is 20.9 Å². The van der Waals surface area contributed by atoms with E-state index in [0.29, 0.717) is 19.3 Å². The smallest absolute Gasteiger partial charge is 0.312 e. The summed E-state index contributed by atoms with van der Waals surface area (Å²) < 4.78 is 7.28. The average molecular weight is 553 g/mol. The van der Waals surface area contributed by atoms with E-state index in [-0.39, 0.29) is 62.4 Å². The number of aldehydes is 1. The fraction of sp³-hybridized carbons (Fsp3) is 0.654. The Balaban J connectivity index is 2.72. The number of ketones is 1. The lowest BCUT2D eigenvalue weighted by molar-refractivity contribution is -0.137. The van der Waals surface area contributed by atoms with E-state index in [1.165, 1.54) is 19.1 Å². The van der Waals surface area contributed by atoms with Crippen LogP contribution in [0.1, 0.15) is 67.1 Å². The molecule has 0 saturated heterocycles. The number of nitrogens with two attached hydrogens (primary N) is 1. The molecule has 1 aliphatic rings. The van der Waals surface area contributed by atoms with Crippen LogP contribution in [-0.2, 0) is 28.8 Å². The lowest BCUT2D eigenvalue weighted by atomic mass is 9.89. The number of carbonyl (C=O) groups is 7. The van der Waals surface area contributed by atoms with Crippen LogP contribution in [0.4, 0.5) is 4.79 Å². The first-order valence-corrected chi connectivity index (χ1v) is 13.1. The maximum atomic E-state index is 13.2. The lowest BCUT2D eigenvalue weighted by Crippen LogP contribution is -2.48. The van der Waals surface area contributed by atoms with Crippen LogP contribution in [0, 0.1) is 11.8 Å². The second-order valence-electron chi connectivity index (χ2n) is 9.91. The quantitative estimate of drug-likeness (QED) is 0.0815. The fourth-order valence-electron chi connectivity index (χ4n) is 4.02. The third kappa shape index (κ3) is 12.2. The Kier molecular flexibility index (Phi) is 13.8. The van der Waals surface area contributed by atoms with Crippen molar-refractivity contribution in [2.24, 2.45) is 17.6 Å². The number of urea groups is 1. The normalized spacial score (nSPS) is 16.3. The van der Waals surface area contributed by atoms with Crippen molar-refractivity contribution in [1.29, 1.82) is 0 Å². The van der Waals surface area contributed by atoms with E-state index in [0.717, 1.165) is 4.90 Å². The molecule has 6 amide bonds. The molecule has 1 heterocycles. The summed E-state index contributed by atoms with van der Waals surface area (Å²) in [5.41, 5.74) is 5.05. The molecule has 218 valence electrons. The number of aliphatic hydroxyl groups is 1. The summed E-state index contributed by atoms with van der Waals surface area (Å²) in [5.74, 6) is -3.44. The van der Waals surface area contributed by atoms with Crippen molar-refractivity contribution in [2.75, 3.05) is 13.1 Å². The second kappa shape index (κ2) is 17.1. The van der Waals surface area contributed by atoms with Gasteiger partial charge >= 0.3 is 6.03 Å². The summed E-state index contributed by atoms with van der Waals surface area (Å²) >= 11 is 0. The molecule has 4 atom stereocenters. The molecule has 13 heteroatoms. The van der Waals surface area contributed by atoms with Crippen LogP contribution in [0.3, 0.4) is 0 Å². The fourth-order valence-corrected chi connectivity index (χ4v) is 4.02. The van der Waals surface area contributed by atoms with Gasteiger partial charge in [-0.2, -0.15) is 0 Å². The highest BCUT2D eigenvalue weighted by molar-refractivity contribution is 6.12. The van der Waals surface area contributed by atoms with Crippen LogP contribution in [0.15, 0.2) is 12.2 Å². The molecule has 6 N–H and O–H groups in total. The molecule has 13 nitrogen and oxygen atoms in total. The van der Waals surface area contributed by atoms with Crippen molar-refractivity contribution < 1.29 is 40.0 Å².